The molecule has 0 aromatic heterocycles. The molecule has 0 spiro atoms. The normalized spacial score (nSPS) is 20.4. The van der Waals surface area contributed by atoms with Gasteiger partial charge in [0.1, 0.15) is 32.1 Å². The van der Waals surface area contributed by atoms with Crippen molar-refractivity contribution in [1.29, 1.82) is 0 Å². The zero-order valence-corrected chi connectivity index (χ0v) is 22.2. The van der Waals surface area contributed by atoms with E-state index >= 15 is 0 Å². The zero-order chi connectivity index (χ0) is 27.1. The van der Waals surface area contributed by atoms with Gasteiger partial charge in [-0.05, 0) is 49.1 Å². The van der Waals surface area contributed by atoms with E-state index in [2.05, 4.69) is 60.8 Å². The third-order valence-electron chi connectivity index (χ3n) is 6.99. The van der Waals surface area contributed by atoms with Gasteiger partial charge in [0, 0.05) is 18.5 Å². The summed E-state index contributed by atoms with van der Waals surface area (Å²) in [5.74, 6) is 0.290. The highest BCUT2D eigenvalue weighted by molar-refractivity contribution is 6.11. The SMILES string of the molecule is [B][C@H]1C[C@H](NC(c2ccccc2)(c2ccc(C)cc2)c2ccc(OC)cc2)[C@@H](COC(=O)CCC(C)=O)O1. The van der Waals surface area contributed by atoms with E-state index in [1.165, 1.54) is 6.92 Å². The Morgan fingerprint density at radius 1 is 0.947 bits per heavy atom. The summed E-state index contributed by atoms with van der Waals surface area (Å²) >= 11 is 0. The number of Topliss-reactive ketones (excluding diaryl/α,β-unsaturated/α-hetero) is 1. The van der Waals surface area contributed by atoms with E-state index in [1.54, 1.807) is 7.11 Å². The van der Waals surface area contributed by atoms with Crippen LogP contribution in [0.3, 0.4) is 0 Å². The van der Waals surface area contributed by atoms with Crippen LogP contribution in [0.2, 0.25) is 0 Å². The van der Waals surface area contributed by atoms with Crippen molar-refractivity contribution in [2.24, 2.45) is 0 Å². The molecule has 6 nitrogen and oxygen atoms in total. The Kier molecular flexibility index (Phi) is 9.03. The summed E-state index contributed by atoms with van der Waals surface area (Å²) in [6, 6.07) is 26.0. The summed E-state index contributed by atoms with van der Waals surface area (Å²) in [7, 11) is 7.90. The molecule has 196 valence electrons. The second-order valence-electron chi connectivity index (χ2n) is 9.80. The third-order valence-corrected chi connectivity index (χ3v) is 6.99. The van der Waals surface area contributed by atoms with Gasteiger partial charge < -0.3 is 19.0 Å². The Morgan fingerprint density at radius 2 is 1.55 bits per heavy atom. The first kappa shape index (κ1) is 27.6. The highest BCUT2D eigenvalue weighted by Crippen LogP contribution is 2.39. The van der Waals surface area contributed by atoms with Gasteiger partial charge in [0.15, 0.2) is 0 Å². The van der Waals surface area contributed by atoms with Gasteiger partial charge in [-0.25, -0.2) is 0 Å². The van der Waals surface area contributed by atoms with Crippen LogP contribution in [0.5, 0.6) is 5.75 Å². The lowest BCUT2D eigenvalue weighted by Crippen LogP contribution is -2.53. The quantitative estimate of drug-likeness (QED) is 0.233. The summed E-state index contributed by atoms with van der Waals surface area (Å²) in [6.45, 7) is 3.57. The van der Waals surface area contributed by atoms with E-state index in [9.17, 15) is 9.59 Å². The topological polar surface area (TPSA) is 73.9 Å². The van der Waals surface area contributed by atoms with Crippen LogP contribution in [0.4, 0.5) is 0 Å². The molecule has 3 aromatic carbocycles. The molecule has 0 amide bonds. The molecule has 7 heteroatoms. The Labute approximate surface area is 226 Å². The third kappa shape index (κ3) is 6.34. The number of hydrogen-bond donors (Lipinski definition) is 1. The van der Waals surface area contributed by atoms with Gasteiger partial charge in [-0.2, -0.15) is 0 Å². The van der Waals surface area contributed by atoms with Crippen molar-refractivity contribution in [2.75, 3.05) is 13.7 Å². The smallest absolute Gasteiger partial charge is 0.306 e. The fourth-order valence-electron chi connectivity index (χ4n) is 4.97. The predicted molar refractivity (Wildman–Crippen MR) is 147 cm³/mol. The molecule has 38 heavy (non-hydrogen) atoms. The molecule has 4 atom stereocenters. The monoisotopic (exact) mass is 511 g/mol. The number of benzene rings is 3. The Morgan fingerprint density at radius 3 is 2.16 bits per heavy atom. The molecule has 1 aliphatic heterocycles. The van der Waals surface area contributed by atoms with Gasteiger partial charge in [0.2, 0.25) is 0 Å². The predicted octanol–water partition coefficient (Wildman–Crippen LogP) is 4.45. The van der Waals surface area contributed by atoms with Crippen LogP contribution in [-0.4, -0.2) is 51.5 Å². The standard InChI is InChI=1S/C31H34BNO5/c1-21-9-12-24(13-10-21)31(23-7-5-4-6-8-23,25-14-16-26(36-3)17-15-25)33-27-19-29(32)38-28(27)20-37-30(35)18-11-22(2)34/h4-10,12-17,27-29,33H,11,18-20H2,1-3H3/t27-,28+,29+,31?/m0/s1. The summed E-state index contributed by atoms with van der Waals surface area (Å²) in [5, 5.41) is 3.90. The van der Waals surface area contributed by atoms with E-state index in [1.807, 2.05) is 30.3 Å². The fourth-order valence-corrected chi connectivity index (χ4v) is 4.97. The first-order chi connectivity index (χ1) is 18.3. The number of nitrogens with one attached hydrogen (secondary N) is 1. The van der Waals surface area contributed by atoms with Crippen molar-refractivity contribution >= 4 is 19.6 Å². The number of esters is 1. The number of hydrogen-bond acceptors (Lipinski definition) is 6. The number of rotatable bonds is 11. The van der Waals surface area contributed by atoms with Gasteiger partial charge >= 0.3 is 5.97 Å². The van der Waals surface area contributed by atoms with E-state index in [-0.39, 0.29) is 31.3 Å². The van der Waals surface area contributed by atoms with Crippen molar-refractivity contribution < 1.29 is 23.8 Å². The van der Waals surface area contributed by atoms with Gasteiger partial charge in [-0.3, -0.25) is 10.1 Å². The van der Waals surface area contributed by atoms with E-state index in [0.717, 1.165) is 28.0 Å². The van der Waals surface area contributed by atoms with Crippen LogP contribution in [0.25, 0.3) is 0 Å². The van der Waals surface area contributed by atoms with Crippen molar-refractivity contribution in [3.8, 4) is 5.75 Å². The van der Waals surface area contributed by atoms with Crippen LogP contribution >= 0.6 is 0 Å². The minimum absolute atomic E-state index is 0.0451. The summed E-state index contributed by atoms with van der Waals surface area (Å²) in [6.07, 6.45) is 0.285. The molecule has 3 aromatic rings. The highest BCUT2D eigenvalue weighted by Gasteiger charge is 2.43. The van der Waals surface area contributed by atoms with Crippen LogP contribution in [0.15, 0.2) is 78.9 Å². The molecule has 4 rings (SSSR count). The van der Waals surface area contributed by atoms with E-state index in [4.69, 9.17) is 22.1 Å². The number of carbonyl (C=O) groups excluding carboxylic acids is 2. The van der Waals surface area contributed by atoms with Crippen LogP contribution in [0.1, 0.15) is 48.4 Å². The average molecular weight is 511 g/mol. The average Bonchev–Trinajstić information content (AvgIpc) is 3.29. The highest BCUT2D eigenvalue weighted by atomic mass is 16.6. The molecule has 0 aliphatic carbocycles. The maximum atomic E-state index is 12.2. The lowest BCUT2D eigenvalue weighted by atomic mass is 9.75. The Hall–Kier alpha value is -3.42. The lowest BCUT2D eigenvalue weighted by Gasteiger charge is -2.40. The second kappa shape index (κ2) is 12.4. The first-order valence-corrected chi connectivity index (χ1v) is 12.9. The van der Waals surface area contributed by atoms with Crippen molar-refractivity contribution in [1.82, 2.24) is 5.32 Å². The van der Waals surface area contributed by atoms with Gasteiger partial charge in [-0.15, -0.1) is 0 Å². The molecule has 0 saturated carbocycles. The molecule has 1 N–H and O–H groups in total. The molecular weight excluding hydrogens is 477 g/mol. The van der Waals surface area contributed by atoms with E-state index in [0.29, 0.717) is 6.42 Å². The summed E-state index contributed by atoms with van der Waals surface area (Å²) in [4.78, 5) is 23.5. The molecule has 1 heterocycles. The summed E-state index contributed by atoms with van der Waals surface area (Å²) in [5.41, 5.74) is 3.53. The Bertz CT molecular complexity index is 1220. The number of carbonyl (C=O) groups is 2. The Balaban J connectivity index is 1.74. The minimum Gasteiger partial charge on any atom is -0.497 e. The van der Waals surface area contributed by atoms with E-state index < -0.39 is 23.6 Å². The van der Waals surface area contributed by atoms with Gasteiger partial charge in [0.25, 0.3) is 0 Å². The maximum Gasteiger partial charge on any atom is 0.306 e. The lowest BCUT2D eigenvalue weighted by molar-refractivity contribution is -0.148. The van der Waals surface area contributed by atoms with Crippen molar-refractivity contribution in [3.05, 3.63) is 101 Å². The number of methoxy groups -OCH3 is 1. The largest absolute Gasteiger partial charge is 0.497 e. The van der Waals surface area contributed by atoms with Crippen molar-refractivity contribution in [2.45, 2.75) is 56.8 Å². The molecular formula is C31H34BNO5. The molecule has 1 saturated heterocycles. The molecule has 2 radical (unpaired) electrons. The van der Waals surface area contributed by atoms with Crippen molar-refractivity contribution in [3.63, 3.8) is 0 Å². The van der Waals surface area contributed by atoms with Crippen LogP contribution in [0, 0.1) is 6.92 Å². The fraction of sp³-hybridized carbons (Fsp3) is 0.355. The number of aryl methyl sites for hydroxylation is 1. The second-order valence-corrected chi connectivity index (χ2v) is 9.80. The summed E-state index contributed by atoms with van der Waals surface area (Å²) < 4.78 is 17.0. The molecule has 1 fully saturated rings. The minimum atomic E-state index is -0.754. The number of ketones is 1. The van der Waals surface area contributed by atoms with Gasteiger partial charge in [0.05, 0.1) is 19.1 Å². The maximum absolute atomic E-state index is 12.2. The zero-order valence-electron chi connectivity index (χ0n) is 22.2. The molecule has 1 unspecified atom stereocenters. The van der Waals surface area contributed by atoms with Crippen LogP contribution < -0.4 is 10.1 Å². The molecule has 1 aliphatic rings. The van der Waals surface area contributed by atoms with Gasteiger partial charge in [-0.1, -0.05) is 72.3 Å². The van der Waals surface area contributed by atoms with Crippen LogP contribution in [-0.2, 0) is 24.6 Å². The number of ether oxygens (including phenoxy) is 3. The first-order valence-electron chi connectivity index (χ1n) is 12.9. The molecule has 0 bridgehead atoms.